The van der Waals surface area contributed by atoms with Gasteiger partial charge in [0.15, 0.2) is 0 Å². The number of fused-ring (bicyclic) bond motifs is 2. The van der Waals surface area contributed by atoms with Crippen LogP contribution in [0.15, 0.2) is 12.2 Å². The normalized spacial score (nSPS) is 44.5. The molecular formula is C8H10O2. The Kier molecular flexibility index (Phi) is 1.17. The molecule has 2 aliphatic heterocycles. The summed E-state index contributed by atoms with van der Waals surface area (Å²) in [4.78, 5) is 11.1. The fourth-order valence-corrected chi connectivity index (χ4v) is 1.49. The lowest BCUT2D eigenvalue weighted by atomic mass is 9.96. The van der Waals surface area contributed by atoms with Gasteiger partial charge >= 0.3 is 0 Å². The van der Waals surface area contributed by atoms with Crippen molar-refractivity contribution in [1.82, 2.24) is 0 Å². The van der Waals surface area contributed by atoms with Crippen LogP contribution in [0.25, 0.3) is 0 Å². The molecule has 2 aliphatic rings. The topological polar surface area (TPSA) is 26.3 Å². The van der Waals surface area contributed by atoms with Gasteiger partial charge in [-0.1, -0.05) is 19.1 Å². The van der Waals surface area contributed by atoms with E-state index in [9.17, 15) is 4.79 Å². The highest BCUT2D eigenvalue weighted by Crippen LogP contribution is 2.28. The van der Waals surface area contributed by atoms with Crippen molar-refractivity contribution in [3.63, 3.8) is 0 Å². The Morgan fingerprint density at radius 1 is 1.60 bits per heavy atom. The summed E-state index contributed by atoms with van der Waals surface area (Å²) in [6, 6.07) is 0. The smallest absolute Gasteiger partial charge is 0.141 e. The molecule has 3 atom stereocenters. The number of hydrogen-bond donors (Lipinski definition) is 0. The summed E-state index contributed by atoms with van der Waals surface area (Å²) in [7, 11) is 0. The number of ketones is 1. The summed E-state index contributed by atoms with van der Waals surface area (Å²) in [5.74, 6) is 0.418. The molecule has 2 rings (SSSR count). The summed E-state index contributed by atoms with van der Waals surface area (Å²) in [6.45, 7) is 1.93. The molecule has 1 saturated heterocycles. The second-order valence-electron chi connectivity index (χ2n) is 2.98. The summed E-state index contributed by atoms with van der Waals surface area (Å²) >= 11 is 0. The van der Waals surface area contributed by atoms with Crippen LogP contribution in [0.5, 0.6) is 0 Å². The van der Waals surface area contributed by atoms with Crippen molar-refractivity contribution in [2.24, 2.45) is 5.92 Å². The molecule has 1 unspecified atom stereocenters. The lowest BCUT2D eigenvalue weighted by Crippen LogP contribution is -2.34. The highest BCUT2D eigenvalue weighted by molar-refractivity contribution is 5.83. The van der Waals surface area contributed by atoms with Gasteiger partial charge in [0.25, 0.3) is 0 Å². The first-order valence-corrected chi connectivity index (χ1v) is 3.64. The largest absolute Gasteiger partial charge is 0.366 e. The SMILES string of the molecule is CC1C(=O)C[C@H]2C=C[C@@H]1O2. The predicted molar refractivity (Wildman–Crippen MR) is 36.6 cm³/mol. The first-order valence-electron chi connectivity index (χ1n) is 3.64. The molecule has 2 bridgehead atoms. The Balaban J connectivity index is 2.23. The molecule has 0 aromatic rings. The molecule has 0 radical (unpaired) electrons. The highest BCUT2D eigenvalue weighted by atomic mass is 16.5. The molecule has 0 spiro atoms. The summed E-state index contributed by atoms with van der Waals surface area (Å²) in [5, 5.41) is 0. The average molecular weight is 138 g/mol. The molecule has 2 heteroatoms. The molecule has 2 nitrogen and oxygen atoms in total. The van der Waals surface area contributed by atoms with E-state index in [1.165, 1.54) is 0 Å². The minimum Gasteiger partial charge on any atom is -0.366 e. The van der Waals surface area contributed by atoms with Crippen LogP contribution >= 0.6 is 0 Å². The van der Waals surface area contributed by atoms with Gasteiger partial charge in [-0.2, -0.15) is 0 Å². The van der Waals surface area contributed by atoms with Crippen LogP contribution < -0.4 is 0 Å². The van der Waals surface area contributed by atoms with Crippen LogP contribution in [-0.2, 0) is 9.53 Å². The van der Waals surface area contributed by atoms with Gasteiger partial charge < -0.3 is 4.74 Å². The van der Waals surface area contributed by atoms with Gasteiger partial charge in [0.05, 0.1) is 12.2 Å². The molecular weight excluding hydrogens is 128 g/mol. The standard InChI is InChI=1S/C8H10O2/c1-5-7(9)4-6-2-3-8(5)10-6/h2-3,5-6,8H,4H2,1H3/t5?,6-,8+/m1/s1. The van der Waals surface area contributed by atoms with E-state index in [0.717, 1.165) is 0 Å². The number of ether oxygens (including phenoxy) is 1. The van der Waals surface area contributed by atoms with Crippen LogP contribution in [0.2, 0.25) is 0 Å². The number of carbonyl (C=O) groups is 1. The van der Waals surface area contributed by atoms with Gasteiger partial charge in [-0.25, -0.2) is 0 Å². The third-order valence-electron chi connectivity index (χ3n) is 2.25. The number of hydrogen-bond acceptors (Lipinski definition) is 2. The Morgan fingerprint density at radius 2 is 2.40 bits per heavy atom. The molecule has 54 valence electrons. The van der Waals surface area contributed by atoms with Crippen LogP contribution in [0.1, 0.15) is 13.3 Å². The van der Waals surface area contributed by atoms with Crippen molar-refractivity contribution in [2.75, 3.05) is 0 Å². The quantitative estimate of drug-likeness (QED) is 0.465. The number of carbonyl (C=O) groups excluding carboxylic acids is 1. The van der Waals surface area contributed by atoms with E-state index in [-0.39, 0.29) is 18.1 Å². The molecule has 0 N–H and O–H groups in total. The number of rotatable bonds is 0. The minimum atomic E-state index is 0.0752. The van der Waals surface area contributed by atoms with Gasteiger partial charge in [-0.15, -0.1) is 0 Å². The minimum absolute atomic E-state index is 0.0752. The van der Waals surface area contributed by atoms with Gasteiger partial charge in [0.2, 0.25) is 0 Å². The van der Waals surface area contributed by atoms with E-state index in [0.29, 0.717) is 12.2 Å². The van der Waals surface area contributed by atoms with E-state index < -0.39 is 0 Å². The molecule has 1 fully saturated rings. The summed E-state index contributed by atoms with van der Waals surface area (Å²) in [5.41, 5.74) is 0. The second-order valence-corrected chi connectivity index (χ2v) is 2.98. The Hall–Kier alpha value is -0.630. The zero-order valence-corrected chi connectivity index (χ0v) is 5.91. The lowest BCUT2D eigenvalue weighted by molar-refractivity contribution is -0.135. The average Bonchev–Trinajstić information content (AvgIpc) is 2.29. The van der Waals surface area contributed by atoms with Crippen LogP contribution in [-0.4, -0.2) is 18.0 Å². The number of Topliss-reactive ketones (excluding diaryl/α,β-unsaturated/α-hetero) is 1. The summed E-state index contributed by atoms with van der Waals surface area (Å²) < 4.78 is 5.45. The fraction of sp³-hybridized carbons (Fsp3) is 0.625. The van der Waals surface area contributed by atoms with Crippen molar-refractivity contribution >= 4 is 5.78 Å². The zero-order chi connectivity index (χ0) is 7.14. The van der Waals surface area contributed by atoms with Crippen molar-refractivity contribution in [3.05, 3.63) is 12.2 Å². The molecule has 0 aliphatic carbocycles. The third-order valence-corrected chi connectivity index (χ3v) is 2.25. The first kappa shape index (κ1) is 6.10. The summed E-state index contributed by atoms with van der Waals surface area (Å²) in [6.07, 6.45) is 4.74. The molecule has 0 aromatic carbocycles. The Labute approximate surface area is 59.9 Å². The van der Waals surface area contributed by atoms with Crippen molar-refractivity contribution in [2.45, 2.75) is 25.6 Å². The van der Waals surface area contributed by atoms with E-state index >= 15 is 0 Å². The van der Waals surface area contributed by atoms with Gasteiger partial charge in [-0.05, 0) is 0 Å². The first-order chi connectivity index (χ1) is 4.77. The maximum atomic E-state index is 11.1. The Bertz CT molecular complexity index is 195. The van der Waals surface area contributed by atoms with E-state index in [1.54, 1.807) is 0 Å². The second kappa shape index (κ2) is 1.92. The van der Waals surface area contributed by atoms with E-state index in [1.807, 2.05) is 19.1 Å². The lowest BCUT2D eigenvalue weighted by Gasteiger charge is -2.24. The maximum absolute atomic E-state index is 11.1. The van der Waals surface area contributed by atoms with Gasteiger partial charge in [0, 0.05) is 12.3 Å². The monoisotopic (exact) mass is 138 g/mol. The van der Waals surface area contributed by atoms with Gasteiger partial charge in [0.1, 0.15) is 5.78 Å². The van der Waals surface area contributed by atoms with E-state index in [4.69, 9.17) is 4.74 Å². The molecule has 0 saturated carbocycles. The fourth-order valence-electron chi connectivity index (χ4n) is 1.49. The van der Waals surface area contributed by atoms with Crippen LogP contribution in [0.4, 0.5) is 0 Å². The van der Waals surface area contributed by atoms with Gasteiger partial charge in [-0.3, -0.25) is 4.79 Å². The predicted octanol–water partition coefficient (Wildman–Crippen LogP) is 0.919. The van der Waals surface area contributed by atoms with Crippen molar-refractivity contribution < 1.29 is 9.53 Å². The third kappa shape index (κ3) is 0.721. The molecule has 2 heterocycles. The highest BCUT2D eigenvalue weighted by Gasteiger charge is 2.35. The van der Waals surface area contributed by atoms with Crippen molar-refractivity contribution in [3.8, 4) is 0 Å². The maximum Gasteiger partial charge on any atom is 0.141 e. The van der Waals surface area contributed by atoms with E-state index in [2.05, 4.69) is 0 Å². The molecule has 0 amide bonds. The Morgan fingerprint density at radius 3 is 3.20 bits per heavy atom. The van der Waals surface area contributed by atoms with Crippen molar-refractivity contribution in [1.29, 1.82) is 0 Å². The van der Waals surface area contributed by atoms with Crippen LogP contribution in [0, 0.1) is 5.92 Å². The molecule has 10 heavy (non-hydrogen) atoms. The molecule has 0 aromatic heterocycles. The zero-order valence-electron chi connectivity index (χ0n) is 5.91. The van der Waals surface area contributed by atoms with Crippen LogP contribution in [0.3, 0.4) is 0 Å².